The van der Waals surface area contributed by atoms with Gasteiger partial charge in [-0.2, -0.15) is 0 Å². The fraction of sp³-hybridized carbons (Fsp3) is 0.562. The van der Waals surface area contributed by atoms with E-state index in [0.717, 1.165) is 36.7 Å². The van der Waals surface area contributed by atoms with Gasteiger partial charge in [0.15, 0.2) is 0 Å². The fourth-order valence-corrected chi connectivity index (χ4v) is 6.19. The van der Waals surface area contributed by atoms with Crippen molar-refractivity contribution in [1.29, 1.82) is 0 Å². The molecule has 0 radical (unpaired) electrons. The van der Waals surface area contributed by atoms with Crippen LogP contribution in [0.25, 0.3) is 0 Å². The maximum absolute atomic E-state index is 12.2. The minimum Gasteiger partial charge on any atom is -0.490 e. The molecule has 120 valence electrons. The third-order valence-corrected chi connectivity index (χ3v) is 7.16. The lowest BCUT2D eigenvalue weighted by Crippen LogP contribution is -2.40. The van der Waals surface area contributed by atoms with Crippen LogP contribution in [0.1, 0.15) is 20.8 Å². The van der Waals surface area contributed by atoms with Crippen LogP contribution in [0.5, 0.6) is 5.75 Å². The van der Waals surface area contributed by atoms with Crippen LogP contribution in [0.15, 0.2) is 18.2 Å². The monoisotopic (exact) mass is 320 g/mol. The number of rotatable bonds is 1. The van der Waals surface area contributed by atoms with Crippen molar-refractivity contribution >= 4 is 25.8 Å². The Hall–Kier alpha value is -1.69. The summed E-state index contributed by atoms with van der Waals surface area (Å²) < 4.78 is 11.4. The Morgan fingerprint density at radius 1 is 1.41 bits per heavy atom. The third-order valence-electron chi connectivity index (χ3n) is 3.99. The Bertz CT molecular complexity index is 571. The van der Waals surface area contributed by atoms with Gasteiger partial charge in [0, 0.05) is 19.3 Å². The second-order valence-corrected chi connectivity index (χ2v) is 9.87. The van der Waals surface area contributed by atoms with Crippen LogP contribution in [0.4, 0.5) is 10.5 Å². The highest BCUT2D eigenvalue weighted by molar-refractivity contribution is 6.75. The first kappa shape index (κ1) is 15.2. The number of benzene rings is 1. The number of ether oxygens (including phenoxy) is 2. The second kappa shape index (κ2) is 5.83. The van der Waals surface area contributed by atoms with E-state index in [9.17, 15) is 4.79 Å². The van der Waals surface area contributed by atoms with E-state index in [-0.39, 0.29) is 6.09 Å². The summed E-state index contributed by atoms with van der Waals surface area (Å²) in [6.45, 7) is 8.07. The van der Waals surface area contributed by atoms with E-state index in [2.05, 4.69) is 23.5 Å². The van der Waals surface area contributed by atoms with Crippen molar-refractivity contribution in [3.05, 3.63) is 18.2 Å². The summed E-state index contributed by atoms with van der Waals surface area (Å²) in [5.41, 5.74) is 0.655. The Morgan fingerprint density at radius 3 is 3.00 bits per heavy atom. The van der Waals surface area contributed by atoms with Gasteiger partial charge in [-0.15, -0.1) is 0 Å². The first-order valence-electron chi connectivity index (χ1n) is 7.91. The zero-order chi connectivity index (χ0) is 15.7. The van der Waals surface area contributed by atoms with Crippen molar-refractivity contribution in [2.75, 3.05) is 31.2 Å². The lowest BCUT2D eigenvalue weighted by atomic mass is 10.2. The topological polar surface area (TPSA) is 50.8 Å². The SMILES string of the molecule is CC(C)(C)OC(=O)N1CC[Si@@H](c2cccc3c2OCCN3)C1. The highest BCUT2D eigenvalue weighted by Crippen LogP contribution is 2.27. The quantitative estimate of drug-likeness (QED) is 0.801. The highest BCUT2D eigenvalue weighted by atomic mass is 28.3. The number of nitrogens with one attached hydrogen (secondary N) is 1. The second-order valence-electron chi connectivity index (χ2n) is 6.91. The molecule has 1 amide bonds. The average molecular weight is 320 g/mol. The van der Waals surface area contributed by atoms with Gasteiger partial charge in [-0.25, -0.2) is 4.79 Å². The number of amides is 1. The molecular weight excluding hydrogens is 296 g/mol. The van der Waals surface area contributed by atoms with E-state index in [0.29, 0.717) is 6.61 Å². The molecule has 0 bridgehead atoms. The first-order valence-corrected chi connectivity index (χ1v) is 10.1. The minimum atomic E-state index is -1.23. The number of para-hydroxylation sites is 1. The summed E-state index contributed by atoms with van der Waals surface area (Å²) in [6.07, 6.45) is 0.640. The average Bonchev–Trinajstić information content (AvgIpc) is 2.94. The molecule has 0 aliphatic carbocycles. The Labute approximate surface area is 133 Å². The number of nitrogens with zero attached hydrogens (tertiary/aromatic N) is 1. The molecule has 0 saturated carbocycles. The van der Waals surface area contributed by atoms with Crippen LogP contribution >= 0.6 is 0 Å². The zero-order valence-electron chi connectivity index (χ0n) is 13.5. The van der Waals surface area contributed by atoms with Crippen LogP contribution in [0.2, 0.25) is 6.04 Å². The molecule has 0 spiro atoms. The summed E-state index contributed by atoms with van der Waals surface area (Å²) >= 11 is 0. The van der Waals surface area contributed by atoms with Crippen molar-refractivity contribution in [3.63, 3.8) is 0 Å². The molecule has 3 rings (SSSR count). The molecule has 5 nitrogen and oxygen atoms in total. The molecule has 1 fully saturated rings. The maximum atomic E-state index is 12.2. The molecule has 1 saturated heterocycles. The van der Waals surface area contributed by atoms with E-state index >= 15 is 0 Å². The van der Waals surface area contributed by atoms with Gasteiger partial charge in [0.25, 0.3) is 0 Å². The summed E-state index contributed by atoms with van der Waals surface area (Å²) in [4.78, 5) is 14.1. The van der Waals surface area contributed by atoms with E-state index in [1.54, 1.807) is 0 Å². The van der Waals surface area contributed by atoms with Crippen LogP contribution in [0, 0.1) is 0 Å². The first-order chi connectivity index (χ1) is 10.4. The summed E-state index contributed by atoms with van der Waals surface area (Å²) in [6, 6.07) is 7.40. The molecular formula is C16H24N2O3Si. The summed E-state index contributed by atoms with van der Waals surface area (Å²) in [5, 5.41) is 4.71. The van der Waals surface area contributed by atoms with E-state index in [1.807, 2.05) is 25.7 Å². The van der Waals surface area contributed by atoms with Crippen molar-refractivity contribution in [1.82, 2.24) is 4.90 Å². The van der Waals surface area contributed by atoms with Gasteiger partial charge in [0.05, 0.1) is 14.5 Å². The van der Waals surface area contributed by atoms with Crippen molar-refractivity contribution in [2.24, 2.45) is 0 Å². The molecule has 0 aromatic heterocycles. The summed E-state index contributed by atoms with van der Waals surface area (Å²) in [7, 11) is -1.23. The molecule has 1 aromatic rings. The van der Waals surface area contributed by atoms with Gasteiger partial charge in [0.2, 0.25) is 0 Å². The zero-order valence-corrected chi connectivity index (χ0v) is 14.7. The van der Waals surface area contributed by atoms with Gasteiger partial charge in [-0.3, -0.25) is 0 Å². The lowest BCUT2D eigenvalue weighted by Gasteiger charge is -2.25. The normalized spacial score (nSPS) is 20.9. The molecule has 0 unspecified atom stereocenters. The maximum Gasteiger partial charge on any atom is 0.409 e. The Morgan fingerprint density at radius 2 is 2.23 bits per heavy atom. The van der Waals surface area contributed by atoms with Gasteiger partial charge >= 0.3 is 6.09 Å². The van der Waals surface area contributed by atoms with E-state index in [1.165, 1.54) is 5.19 Å². The van der Waals surface area contributed by atoms with Gasteiger partial charge in [0.1, 0.15) is 18.0 Å². The van der Waals surface area contributed by atoms with Crippen molar-refractivity contribution in [3.8, 4) is 5.75 Å². The molecule has 2 aliphatic rings. The van der Waals surface area contributed by atoms with E-state index < -0.39 is 14.4 Å². The molecule has 1 aromatic carbocycles. The molecule has 2 heterocycles. The number of anilines is 1. The Kier molecular flexibility index (Phi) is 4.03. The Balaban J connectivity index is 1.72. The molecule has 1 N–H and O–H groups in total. The molecule has 1 atom stereocenters. The van der Waals surface area contributed by atoms with E-state index in [4.69, 9.17) is 9.47 Å². The number of carbonyl (C=O) groups is 1. The number of carbonyl (C=O) groups excluding carboxylic acids is 1. The smallest absolute Gasteiger partial charge is 0.409 e. The number of fused-ring (bicyclic) bond motifs is 1. The molecule has 6 heteroatoms. The third kappa shape index (κ3) is 3.21. The number of hydrogen-bond donors (Lipinski definition) is 1. The highest BCUT2D eigenvalue weighted by Gasteiger charge is 2.33. The van der Waals surface area contributed by atoms with Gasteiger partial charge < -0.3 is 19.7 Å². The predicted octanol–water partition coefficient (Wildman–Crippen LogP) is 1.71. The summed E-state index contributed by atoms with van der Waals surface area (Å²) in [5.74, 6) is 1.01. The standard InChI is InChI=1S/C16H24N2O3Si/c1-16(2,3)21-15(19)18-8-10-22(11-18)13-6-4-5-12-14(13)20-9-7-17-12/h4-6,17,22H,7-11H2,1-3H3/t22-/m1/s1. The van der Waals surface area contributed by atoms with Crippen molar-refractivity contribution in [2.45, 2.75) is 32.4 Å². The molecule has 2 aliphatic heterocycles. The number of hydrogen-bond acceptors (Lipinski definition) is 4. The van der Waals surface area contributed by atoms with Gasteiger partial charge in [-0.1, -0.05) is 12.1 Å². The minimum absolute atomic E-state index is 0.189. The lowest BCUT2D eigenvalue weighted by molar-refractivity contribution is 0.0305. The fourth-order valence-electron chi connectivity index (χ4n) is 3.02. The van der Waals surface area contributed by atoms with Crippen LogP contribution in [-0.4, -0.2) is 51.3 Å². The largest absolute Gasteiger partial charge is 0.490 e. The van der Waals surface area contributed by atoms with Crippen LogP contribution in [-0.2, 0) is 4.74 Å². The van der Waals surface area contributed by atoms with Crippen molar-refractivity contribution < 1.29 is 14.3 Å². The molecule has 22 heavy (non-hydrogen) atoms. The van der Waals surface area contributed by atoms with Crippen LogP contribution in [0.3, 0.4) is 0 Å². The van der Waals surface area contributed by atoms with Crippen LogP contribution < -0.4 is 15.2 Å². The van der Waals surface area contributed by atoms with Gasteiger partial charge in [-0.05, 0) is 38.1 Å². The predicted molar refractivity (Wildman–Crippen MR) is 89.8 cm³/mol.